The van der Waals surface area contributed by atoms with Crippen LogP contribution >= 0.6 is 0 Å². The van der Waals surface area contributed by atoms with Gasteiger partial charge in [0.25, 0.3) is 0 Å². The van der Waals surface area contributed by atoms with Crippen LogP contribution in [-0.4, -0.2) is 7.63 Å². The Morgan fingerprint density at radius 3 is 1.18 bits per heavy atom. The second-order valence-corrected chi connectivity index (χ2v) is 8.41. The molecule has 38 heavy (non-hydrogen) atoms. The van der Waals surface area contributed by atoms with Crippen LogP contribution in [0.15, 0.2) is 121 Å². The van der Waals surface area contributed by atoms with Gasteiger partial charge in [-0.25, -0.2) is 0 Å². The molecule has 0 heterocycles. The summed E-state index contributed by atoms with van der Waals surface area (Å²) in [6.45, 7) is 4.30. The molecule has 2 radical (unpaired) electrons. The first-order valence-corrected chi connectivity index (χ1v) is 14.2. The van der Waals surface area contributed by atoms with Crippen molar-refractivity contribution in [2.24, 2.45) is 0 Å². The Balaban J connectivity index is 0.000000616. The van der Waals surface area contributed by atoms with Crippen molar-refractivity contribution in [3.8, 4) is 22.3 Å². The van der Waals surface area contributed by atoms with Crippen LogP contribution in [0, 0.1) is 28.7 Å². The molecule has 6 aromatic carbocycles. The van der Waals surface area contributed by atoms with Crippen molar-refractivity contribution in [3.63, 3.8) is 0 Å². The van der Waals surface area contributed by atoms with E-state index in [0.29, 0.717) is 0 Å². The number of rotatable bonds is 2. The van der Waals surface area contributed by atoms with E-state index in [1.54, 1.807) is 19.2 Å². The van der Waals surface area contributed by atoms with Crippen molar-refractivity contribution in [1.82, 2.24) is 0 Å². The van der Waals surface area contributed by atoms with E-state index in [1.165, 1.54) is 54.9 Å². The maximum atomic E-state index is 2.97. The third-order valence-corrected chi connectivity index (χ3v) is 5.96. The predicted octanol–water partition coefficient (Wildman–Crippen LogP) is 3.59. The molecule has 0 spiro atoms. The van der Waals surface area contributed by atoms with E-state index in [-0.39, 0.29) is 39.7 Å². The quantitative estimate of drug-likeness (QED) is 0.215. The van der Waals surface area contributed by atoms with Gasteiger partial charge >= 0.3 is 26.8 Å². The van der Waals surface area contributed by atoms with Gasteiger partial charge in [-0.15, -0.1) is 69.1 Å². The Morgan fingerprint density at radius 2 is 0.842 bits per heavy atom. The molecule has 0 bridgehead atoms. The van der Waals surface area contributed by atoms with E-state index in [1.807, 2.05) is 0 Å². The molecule has 0 N–H and O–H groups in total. The van der Waals surface area contributed by atoms with Crippen molar-refractivity contribution in [1.29, 1.82) is 0 Å². The molecule has 0 saturated carbocycles. The van der Waals surface area contributed by atoms with Gasteiger partial charge in [0.15, 0.2) is 0 Å². The van der Waals surface area contributed by atoms with Gasteiger partial charge in [-0.1, -0.05) is 97.8 Å². The molecular weight excluding hydrogens is 555 g/mol. The average Bonchev–Trinajstić information content (AvgIpc) is 3.47. The van der Waals surface area contributed by atoms with Crippen molar-refractivity contribution in [2.45, 2.75) is 13.8 Å². The molecule has 4 heteroatoms. The van der Waals surface area contributed by atoms with Crippen molar-refractivity contribution < 1.29 is 44.0 Å². The number of fused-ring (bicyclic) bond motifs is 2. The normalized spacial score (nSPS) is 9.26. The van der Waals surface area contributed by atoms with Gasteiger partial charge in [-0.3, -0.25) is 0 Å². The van der Waals surface area contributed by atoms with Gasteiger partial charge in [0.05, 0.1) is 0 Å². The second kappa shape index (κ2) is 17.2. The van der Waals surface area contributed by atoms with Crippen LogP contribution in [0.25, 0.3) is 43.8 Å². The first-order chi connectivity index (χ1) is 16.7. The topological polar surface area (TPSA) is 0 Å². The molecule has 0 aliphatic heterocycles. The van der Waals surface area contributed by atoms with E-state index in [0.717, 1.165) is 0 Å². The molecular formula is C34H32Cl2SiTi-4. The molecule has 0 amide bonds. The zero-order chi connectivity index (χ0) is 23.9. The van der Waals surface area contributed by atoms with Gasteiger partial charge in [-0.2, -0.15) is 12.1 Å². The molecule has 194 valence electrons. The van der Waals surface area contributed by atoms with Crippen LogP contribution in [0.2, 0.25) is 0 Å². The van der Waals surface area contributed by atoms with Gasteiger partial charge in [0.1, 0.15) is 0 Å². The zero-order valence-electron chi connectivity index (χ0n) is 22.3. The summed E-state index contributed by atoms with van der Waals surface area (Å²) in [6, 6.07) is 43.1. The number of aryl methyl sites for hydroxylation is 2. The SMILES string of the molecule is Cc1cc2c(-c3ccccc3)cccc2[cH-]1.Cc1cc2c(-c3ccccc3)cccc2[cH-]1.[CH3-].[CH3-].[Cl-].[Cl-].[Si]=[Ti+2]. The molecule has 0 nitrogen and oxygen atoms in total. The first kappa shape index (κ1) is 35.6. The predicted molar refractivity (Wildman–Crippen MR) is 158 cm³/mol. The van der Waals surface area contributed by atoms with Crippen LogP contribution in [0.1, 0.15) is 11.1 Å². The van der Waals surface area contributed by atoms with E-state index in [4.69, 9.17) is 0 Å². The summed E-state index contributed by atoms with van der Waals surface area (Å²) >= 11 is 1.81. The molecule has 0 aliphatic carbocycles. The molecule has 0 saturated heterocycles. The van der Waals surface area contributed by atoms with Crippen LogP contribution in [0.4, 0.5) is 0 Å². The maximum absolute atomic E-state index is 2.97. The Labute approximate surface area is 255 Å². The Kier molecular flexibility index (Phi) is 16.2. The van der Waals surface area contributed by atoms with Crippen LogP contribution < -0.4 is 24.8 Å². The van der Waals surface area contributed by atoms with E-state index in [9.17, 15) is 0 Å². The number of benzene rings is 4. The molecule has 0 unspecified atom stereocenters. The summed E-state index contributed by atoms with van der Waals surface area (Å²) in [5.41, 5.74) is 7.89. The van der Waals surface area contributed by atoms with Gasteiger partial charge in [0, 0.05) is 0 Å². The zero-order valence-corrected chi connectivity index (χ0v) is 26.4. The Bertz CT molecular complexity index is 1390. The van der Waals surface area contributed by atoms with Crippen molar-refractivity contribution >= 4 is 29.2 Å². The summed E-state index contributed by atoms with van der Waals surface area (Å²) < 4.78 is 0. The summed E-state index contributed by atoms with van der Waals surface area (Å²) in [4.78, 5) is 0. The molecule has 0 fully saturated rings. The van der Waals surface area contributed by atoms with Crippen LogP contribution in [0.3, 0.4) is 0 Å². The third-order valence-electron chi connectivity index (χ3n) is 5.96. The number of halogens is 2. The van der Waals surface area contributed by atoms with Crippen molar-refractivity contribution in [3.05, 3.63) is 147 Å². The van der Waals surface area contributed by atoms with E-state index in [2.05, 4.69) is 143 Å². The fourth-order valence-corrected chi connectivity index (χ4v) is 4.51. The average molecular weight is 587 g/mol. The third kappa shape index (κ3) is 8.30. The second-order valence-electron chi connectivity index (χ2n) is 8.41. The molecule has 0 aliphatic rings. The van der Waals surface area contributed by atoms with Gasteiger partial charge < -0.3 is 39.7 Å². The minimum absolute atomic E-state index is 0. The molecule has 6 rings (SSSR count). The van der Waals surface area contributed by atoms with Crippen molar-refractivity contribution in [2.75, 3.05) is 0 Å². The summed E-state index contributed by atoms with van der Waals surface area (Å²) in [5, 5.41) is 5.37. The van der Waals surface area contributed by atoms with Crippen LogP contribution in [-0.2, 0) is 19.2 Å². The molecule has 6 aromatic rings. The van der Waals surface area contributed by atoms with E-state index < -0.39 is 0 Å². The standard InChI is InChI=1S/2C16H13.2CH3.2ClH.Si.Ti/c2*1-12-10-14-8-5-9-15(16(14)11-12)13-6-3-2-4-7-13;;;;;;/h2*2-11H,1H3;2*1H3;2*1H;;/q4*-1;;;;+2/p-2. The molecule has 0 aromatic heterocycles. The Morgan fingerprint density at radius 1 is 0.500 bits per heavy atom. The minimum atomic E-state index is 0. The summed E-state index contributed by atoms with van der Waals surface area (Å²) in [7, 11) is 2.97. The number of hydrogen-bond donors (Lipinski definition) is 0. The Hall–Kier alpha value is -2.39. The van der Waals surface area contributed by atoms with Crippen LogP contribution in [0.5, 0.6) is 0 Å². The van der Waals surface area contributed by atoms with Gasteiger partial charge in [0.2, 0.25) is 0 Å². The molecule has 0 atom stereocenters. The summed E-state index contributed by atoms with van der Waals surface area (Å²) in [5.74, 6) is 0. The first-order valence-electron chi connectivity index (χ1n) is 11.4. The summed E-state index contributed by atoms with van der Waals surface area (Å²) in [6.07, 6.45) is 0. The van der Waals surface area contributed by atoms with Gasteiger partial charge in [-0.05, 0) is 11.1 Å². The fraction of sp³-hybridized carbons (Fsp3) is 0.0588. The fourth-order valence-electron chi connectivity index (χ4n) is 4.51. The van der Waals surface area contributed by atoms with E-state index >= 15 is 0 Å². The number of hydrogen-bond acceptors (Lipinski definition) is 0. The monoisotopic (exact) mass is 586 g/mol.